The summed E-state index contributed by atoms with van der Waals surface area (Å²) in [6, 6.07) is 1.17. The molecule has 118 valence electrons. The van der Waals surface area contributed by atoms with Crippen molar-refractivity contribution in [2.24, 2.45) is 0 Å². The Hall–Kier alpha value is -1.38. The molecule has 1 aromatic rings. The van der Waals surface area contributed by atoms with Gasteiger partial charge in [0.2, 0.25) is 10.0 Å². The van der Waals surface area contributed by atoms with Gasteiger partial charge in [0.1, 0.15) is 10.6 Å². The van der Waals surface area contributed by atoms with Gasteiger partial charge in [-0.15, -0.1) is 0 Å². The van der Waals surface area contributed by atoms with Crippen LogP contribution in [0.4, 0.5) is 0 Å². The van der Waals surface area contributed by atoms with Gasteiger partial charge in [0, 0.05) is 25.8 Å². The Bertz CT molecular complexity index is 648. The molecule has 21 heavy (non-hydrogen) atoms. The Morgan fingerprint density at radius 3 is 2.62 bits per heavy atom. The molecule has 2 rings (SSSR count). The van der Waals surface area contributed by atoms with Crippen molar-refractivity contribution < 1.29 is 23.4 Å². The maximum atomic E-state index is 12.6. The van der Waals surface area contributed by atoms with Gasteiger partial charge in [0.25, 0.3) is 0 Å². The van der Waals surface area contributed by atoms with E-state index in [1.807, 2.05) is 0 Å². The number of hydrogen-bond donors (Lipinski definition) is 2. The van der Waals surface area contributed by atoms with Crippen LogP contribution < -0.4 is 0 Å². The number of carbonyl (C=O) groups is 1. The summed E-state index contributed by atoms with van der Waals surface area (Å²) >= 11 is 0. The Balaban J connectivity index is 2.38. The first-order valence-corrected chi connectivity index (χ1v) is 8.27. The van der Waals surface area contributed by atoms with Crippen molar-refractivity contribution in [1.29, 1.82) is 0 Å². The fourth-order valence-electron chi connectivity index (χ4n) is 2.59. The molecule has 1 aliphatic heterocycles. The maximum absolute atomic E-state index is 12.6. The number of carboxylic acids is 1. The lowest BCUT2D eigenvalue weighted by molar-refractivity contribution is 0.00939. The third-order valence-corrected chi connectivity index (χ3v) is 5.52. The average molecular weight is 316 g/mol. The van der Waals surface area contributed by atoms with Gasteiger partial charge in [0.05, 0.1) is 5.60 Å². The van der Waals surface area contributed by atoms with Crippen molar-refractivity contribution in [1.82, 2.24) is 8.87 Å². The van der Waals surface area contributed by atoms with E-state index in [0.29, 0.717) is 25.9 Å². The molecule has 0 spiro atoms. The van der Waals surface area contributed by atoms with Crippen LogP contribution in [-0.4, -0.2) is 52.2 Å². The number of sulfonamides is 1. The lowest BCUT2D eigenvalue weighted by atomic mass is 9.97. The van der Waals surface area contributed by atoms with Gasteiger partial charge in [-0.25, -0.2) is 13.2 Å². The molecule has 0 bridgehead atoms. The summed E-state index contributed by atoms with van der Waals surface area (Å²) in [5.41, 5.74) is -1.10. The molecule has 1 atom stereocenters. The van der Waals surface area contributed by atoms with Crippen molar-refractivity contribution in [3.8, 4) is 0 Å². The zero-order valence-corrected chi connectivity index (χ0v) is 12.9. The molecule has 1 saturated heterocycles. The van der Waals surface area contributed by atoms with Crippen LogP contribution in [-0.2, 0) is 16.6 Å². The predicted octanol–water partition coefficient (Wildman–Crippen LogP) is 0.742. The van der Waals surface area contributed by atoms with E-state index in [1.165, 1.54) is 21.1 Å². The SMILES string of the molecule is CCn1cc(S(=O)(=O)N2CCCC(C)(O)C2)cc1C(=O)O. The summed E-state index contributed by atoms with van der Waals surface area (Å²) < 4.78 is 27.8. The Morgan fingerprint density at radius 2 is 2.14 bits per heavy atom. The molecule has 0 saturated carbocycles. The summed E-state index contributed by atoms with van der Waals surface area (Å²) in [5, 5.41) is 19.1. The van der Waals surface area contributed by atoms with E-state index in [1.54, 1.807) is 13.8 Å². The third-order valence-electron chi connectivity index (χ3n) is 3.71. The molecule has 0 aromatic carbocycles. The number of β-amino-alcohol motifs (C(OH)–C–C–N with tert-alkyl or cyclic N) is 1. The minimum Gasteiger partial charge on any atom is -0.477 e. The Labute approximate surface area is 123 Å². The summed E-state index contributed by atoms with van der Waals surface area (Å²) in [4.78, 5) is 11.1. The average Bonchev–Trinajstić information content (AvgIpc) is 2.82. The fourth-order valence-corrected chi connectivity index (χ4v) is 4.23. The van der Waals surface area contributed by atoms with Crippen LogP contribution in [0.15, 0.2) is 17.2 Å². The van der Waals surface area contributed by atoms with Crippen LogP contribution in [0.5, 0.6) is 0 Å². The zero-order chi connectivity index (χ0) is 15.8. The van der Waals surface area contributed by atoms with Gasteiger partial charge < -0.3 is 14.8 Å². The molecule has 1 unspecified atom stereocenters. The van der Waals surface area contributed by atoms with E-state index in [-0.39, 0.29) is 17.1 Å². The first-order chi connectivity index (χ1) is 9.67. The van der Waals surface area contributed by atoms with E-state index >= 15 is 0 Å². The van der Waals surface area contributed by atoms with Gasteiger partial charge in [-0.05, 0) is 32.8 Å². The van der Waals surface area contributed by atoms with E-state index in [9.17, 15) is 18.3 Å². The van der Waals surface area contributed by atoms with E-state index in [0.717, 1.165) is 0 Å². The summed E-state index contributed by atoms with van der Waals surface area (Å²) in [5.74, 6) is -1.16. The number of carboxylic acid groups (broad SMARTS) is 1. The topological polar surface area (TPSA) is 99.8 Å². The molecule has 1 aromatic heterocycles. The number of rotatable bonds is 4. The lowest BCUT2D eigenvalue weighted by Gasteiger charge is -2.35. The monoisotopic (exact) mass is 316 g/mol. The molecular weight excluding hydrogens is 296 g/mol. The maximum Gasteiger partial charge on any atom is 0.352 e. The highest BCUT2D eigenvalue weighted by Gasteiger charge is 2.36. The first kappa shape index (κ1) is 16.0. The van der Waals surface area contributed by atoms with Gasteiger partial charge in [0.15, 0.2) is 0 Å². The molecule has 0 amide bonds. The Morgan fingerprint density at radius 1 is 1.48 bits per heavy atom. The minimum atomic E-state index is -3.79. The lowest BCUT2D eigenvalue weighted by Crippen LogP contribution is -2.48. The second-order valence-corrected chi connectivity index (χ2v) is 7.53. The molecule has 2 heterocycles. The largest absolute Gasteiger partial charge is 0.477 e. The highest BCUT2D eigenvalue weighted by molar-refractivity contribution is 7.89. The molecule has 1 fully saturated rings. The van der Waals surface area contributed by atoms with Crippen LogP contribution in [0.3, 0.4) is 0 Å². The van der Waals surface area contributed by atoms with Gasteiger partial charge in [-0.2, -0.15) is 4.31 Å². The number of aryl methyl sites for hydroxylation is 1. The van der Waals surface area contributed by atoms with E-state index in [2.05, 4.69) is 0 Å². The van der Waals surface area contributed by atoms with Crippen molar-refractivity contribution in [3.63, 3.8) is 0 Å². The van der Waals surface area contributed by atoms with Crippen LogP contribution in [0, 0.1) is 0 Å². The van der Waals surface area contributed by atoms with Crippen LogP contribution in [0.25, 0.3) is 0 Å². The number of aromatic carboxylic acids is 1. The summed E-state index contributed by atoms with van der Waals surface area (Å²) in [6.45, 7) is 4.07. The van der Waals surface area contributed by atoms with E-state index in [4.69, 9.17) is 5.11 Å². The normalized spacial score (nSPS) is 24.1. The number of hydrogen-bond acceptors (Lipinski definition) is 4. The molecule has 0 aliphatic carbocycles. The standard InChI is InChI=1S/C13H20N2O5S/c1-3-14-8-10(7-11(14)12(16)17)21(19,20)15-6-4-5-13(2,18)9-15/h7-8,18H,3-6,9H2,1-2H3,(H,16,17). The summed E-state index contributed by atoms with van der Waals surface area (Å²) in [7, 11) is -3.79. The van der Waals surface area contributed by atoms with Gasteiger partial charge in [-0.1, -0.05) is 0 Å². The predicted molar refractivity (Wildman–Crippen MR) is 75.7 cm³/mol. The van der Waals surface area contributed by atoms with Crippen LogP contribution >= 0.6 is 0 Å². The summed E-state index contributed by atoms with van der Waals surface area (Å²) in [6.07, 6.45) is 2.46. The highest BCUT2D eigenvalue weighted by atomic mass is 32.2. The Kier molecular flexibility index (Phi) is 4.14. The second-order valence-electron chi connectivity index (χ2n) is 5.59. The van der Waals surface area contributed by atoms with Crippen molar-refractivity contribution in [3.05, 3.63) is 18.0 Å². The number of piperidine rings is 1. The van der Waals surface area contributed by atoms with E-state index < -0.39 is 21.6 Å². The number of aliphatic hydroxyl groups is 1. The van der Waals surface area contributed by atoms with Crippen molar-refractivity contribution >= 4 is 16.0 Å². The zero-order valence-electron chi connectivity index (χ0n) is 12.1. The quantitative estimate of drug-likeness (QED) is 0.853. The van der Waals surface area contributed by atoms with Gasteiger partial charge in [-0.3, -0.25) is 0 Å². The van der Waals surface area contributed by atoms with Crippen LogP contribution in [0.1, 0.15) is 37.2 Å². The molecule has 1 aliphatic rings. The number of nitrogens with zero attached hydrogens (tertiary/aromatic N) is 2. The molecule has 0 radical (unpaired) electrons. The molecule has 2 N–H and O–H groups in total. The first-order valence-electron chi connectivity index (χ1n) is 6.83. The third kappa shape index (κ3) is 3.12. The molecular formula is C13H20N2O5S. The minimum absolute atomic E-state index is 0.0229. The van der Waals surface area contributed by atoms with Gasteiger partial charge >= 0.3 is 5.97 Å². The fraction of sp³-hybridized carbons (Fsp3) is 0.615. The van der Waals surface area contributed by atoms with Crippen molar-refractivity contribution in [2.45, 2.75) is 43.7 Å². The second kappa shape index (κ2) is 5.43. The van der Waals surface area contributed by atoms with Crippen molar-refractivity contribution in [2.75, 3.05) is 13.1 Å². The van der Waals surface area contributed by atoms with Crippen LogP contribution in [0.2, 0.25) is 0 Å². The molecule has 7 nitrogen and oxygen atoms in total. The smallest absolute Gasteiger partial charge is 0.352 e. The molecule has 8 heteroatoms. The highest BCUT2D eigenvalue weighted by Crippen LogP contribution is 2.27. The number of aromatic nitrogens is 1.